The molecule has 2 heterocycles. The molecule has 0 saturated carbocycles. The summed E-state index contributed by atoms with van der Waals surface area (Å²) in [4.78, 5) is 12.1. The Kier molecular flexibility index (Phi) is 5.20. The van der Waals surface area contributed by atoms with Crippen molar-refractivity contribution in [2.45, 2.75) is 23.9 Å². The number of hydrogen-bond donors (Lipinski definition) is 1. The van der Waals surface area contributed by atoms with Gasteiger partial charge in [0.05, 0.1) is 28.2 Å². The smallest absolute Gasteiger partial charge is 0.501 e. The predicted octanol–water partition coefficient (Wildman–Crippen LogP) is 2.78. The maximum Gasteiger partial charge on any atom is 0.501 e. The fraction of sp³-hybridized carbons (Fsp3) is 0.143. The lowest BCUT2D eigenvalue weighted by Gasteiger charge is -2.09. The highest BCUT2D eigenvalue weighted by Crippen LogP contribution is 2.31. The lowest BCUT2D eigenvalue weighted by Crippen LogP contribution is -2.28. The third-order valence-corrected chi connectivity index (χ3v) is 6.80. The van der Waals surface area contributed by atoms with Gasteiger partial charge in [-0.1, -0.05) is 12.1 Å². The van der Waals surface area contributed by atoms with E-state index in [0.717, 1.165) is 16.7 Å². The third-order valence-electron chi connectivity index (χ3n) is 5.30. The first kappa shape index (κ1) is 22.4. The molecule has 4 aromatic rings. The molecule has 0 unspecified atom stereocenters. The Morgan fingerprint density at radius 1 is 1.06 bits per heavy atom. The van der Waals surface area contributed by atoms with Crippen molar-refractivity contribution in [2.24, 2.45) is 0 Å². The van der Waals surface area contributed by atoms with Gasteiger partial charge in [-0.3, -0.25) is 4.57 Å². The SMILES string of the molecule is Cc1c(O)n(-c2ccc(S(=O)(=O)C(F)(F)F)cc2)c(=O)n1Cc1cc[n+]([O-])c2ccccc12. The average Bonchev–Trinajstić information content (AvgIpc) is 2.98. The van der Waals surface area contributed by atoms with Crippen LogP contribution < -0.4 is 10.4 Å². The molecule has 0 aliphatic rings. The summed E-state index contributed by atoms with van der Waals surface area (Å²) in [6, 6.07) is 11.8. The first-order chi connectivity index (χ1) is 15.4. The summed E-state index contributed by atoms with van der Waals surface area (Å²) in [5.41, 5.74) is -4.98. The Hall–Kier alpha value is -3.80. The highest BCUT2D eigenvalue weighted by atomic mass is 32.2. The Bertz CT molecular complexity index is 1540. The molecule has 0 fully saturated rings. The van der Waals surface area contributed by atoms with Gasteiger partial charge in [-0.05, 0) is 42.8 Å². The van der Waals surface area contributed by atoms with Crippen molar-refractivity contribution < 1.29 is 31.4 Å². The van der Waals surface area contributed by atoms with Crippen molar-refractivity contribution in [2.75, 3.05) is 0 Å². The lowest BCUT2D eigenvalue weighted by atomic mass is 10.1. The quantitative estimate of drug-likeness (QED) is 0.358. The van der Waals surface area contributed by atoms with E-state index in [2.05, 4.69) is 0 Å². The van der Waals surface area contributed by atoms with E-state index in [-0.39, 0.29) is 17.9 Å². The van der Waals surface area contributed by atoms with Crippen LogP contribution in [0, 0.1) is 12.1 Å². The zero-order chi connectivity index (χ0) is 24.1. The fourth-order valence-corrected chi connectivity index (χ4v) is 4.30. The van der Waals surface area contributed by atoms with Crippen LogP contribution in [0.3, 0.4) is 0 Å². The fourth-order valence-electron chi connectivity index (χ4n) is 3.54. The van der Waals surface area contributed by atoms with Gasteiger partial charge in [0.2, 0.25) is 11.4 Å². The number of benzene rings is 2. The van der Waals surface area contributed by atoms with Crippen LogP contribution in [0.25, 0.3) is 16.6 Å². The Balaban J connectivity index is 1.78. The zero-order valence-electron chi connectivity index (χ0n) is 16.9. The molecular weight excluding hydrogens is 463 g/mol. The van der Waals surface area contributed by atoms with Crippen molar-refractivity contribution >= 4 is 20.7 Å². The predicted molar refractivity (Wildman–Crippen MR) is 112 cm³/mol. The molecule has 0 radical (unpaired) electrons. The topological polar surface area (TPSA) is 108 Å². The van der Waals surface area contributed by atoms with E-state index in [1.807, 2.05) is 0 Å². The maximum absolute atomic E-state index is 13.1. The summed E-state index contributed by atoms with van der Waals surface area (Å²) in [6.45, 7) is 1.49. The zero-order valence-corrected chi connectivity index (χ0v) is 17.8. The van der Waals surface area contributed by atoms with Gasteiger partial charge in [0.15, 0.2) is 6.20 Å². The summed E-state index contributed by atoms with van der Waals surface area (Å²) >= 11 is 0. The first-order valence-corrected chi connectivity index (χ1v) is 10.9. The highest BCUT2D eigenvalue weighted by Gasteiger charge is 2.46. The number of pyridine rings is 1. The number of imidazole rings is 1. The molecule has 2 aromatic heterocycles. The normalized spacial score (nSPS) is 12.4. The summed E-state index contributed by atoms with van der Waals surface area (Å²) in [5.74, 6) is -0.453. The summed E-state index contributed by atoms with van der Waals surface area (Å²) in [5, 5.41) is 23.2. The maximum atomic E-state index is 13.1. The van der Waals surface area contributed by atoms with Crippen molar-refractivity contribution in [3.63, 3.8) is 0 Å². The molecule has 172 valence electrons. The van der Waals surface area contributed by atoms with Crippen LogP contribution in [-0.2, 0) is 16.4 Å². The van der Waals surface area contributed by atoms with E-state index in [9.17, 15) is 36.7 Å². The van der Waals surface area contributed by atoms with Gasteiger partial charge in [-0.25, -0.2) is 17.8 Å². The first-order valence-electron chi connectivity index (χ1n) is 9.46. The van der Waals surface area contributed by atoms with E-state index < -0.39 is 31.8 Å². The minimum absolute atomic E-state index is 0.00706. The molecule has 0 aliphatic carbocycles. The van der Waals surface area contributed by atoms with Crippen LogP contribution in [0.1, 0.15) is 11.3 Å². The van der Waals surface area contributed by atoms with E-state index >= 15 is 0 Å². The van der Waals surface area contributed by atoms with Gasteiger partial charge in [-0.15, -0.1) is 0 Å². The van der Waals surface area contributed by atoms with Crippen molar-refractivity contribution in [1.29, 1.82) is 0 Å². The second kappa shape index (κ2) is 7.66. The summed E-state index contributed by atoms with van der Waals surface area (Å²) < 4.78 is 64.2. The Morgan fingerprint density at radius 3 is 2.33 bits per heavy atom. The highest BCUT2D eigenvalue weighted by molar-refractivity contribution is 7.92. The van der Waals surface area contributed by atoms with Gasteiger partial charge in [-0.2, -0.15) is 17.9 Å². The van der Waals surface area contributed by atoms with E-state index in [1.165, 1.54) is 17.7 Å². The number of fused-ring (bicyclic) bond motifs is 1. The number of sulfone groups is 1. The van der Waals surface area contributed by atoms with E-state index in [4.69, 9.17) is 0 Å². The second-order valence-electron chi connectivity index (χ2n) is 7.24. The van der Waals surface area contributed by atoms with Crippen molar-refractivity contribution in [3.8, 4) is 11.6 Å². The Morgan fingerprint density at radius 2 is 1.70 bits per heavy atom. The Labute approximate surface area is 184 Å². The van der Waals surface area contributed by atoms with Crippen LogP contribution >= 0.6 is 0 Å². The van der Waals surface area contributed by atoms with Crippen molar-refractivity contribution in [1.82, 2.24) is 9.13 Å². The number of nitrogens with zero attached hydrogens (tertiary/aromatic N) is 3. The number of halogens is 3. The number of aromatic hydroxyl groups is 1. The van der Waals surface area contributed by atoms with Gasteiger partial charge < -0.3 is 10.3 Å². The molecule has 8 nitrogen and oxygen atoms in total. The molecular formula is C21H16F3N3O5S. The lowest BCUT2D eigenvalue weighted by molar-refractivity contribution is -0.577. The molecule has 4 rings (SSSR count). The molecule has 1 N–H and O–H groups in total. The monoisotopic (exact) mass is 479 g/mol. The van der Waals surface area contributed by atoms with E-state index in [1.54, 1.807) is 30.3 Å². The number of rotatable bonds is 4. The van der Waals surface area contributed by atoms with Crippen LogP contribution in [0.15, 0.2) is 70.5 Å². The number of alkyl halides is 3. The molecule has 0 spiro atoms. The minimum atomic E-state index is -5.55. The van der Waals surface area contributed by atoms with E-state index in [0.29, 0.717) is 33.3 Å². The molecule has 0 aliphatic heterocycles. The standard InChI is InChI=1S/C21H16F3N3O5S/c1-13-19(28)27(15-6-8-16(9-7-15)33(31,32)21(22,23)24)20(29)25(13)12-14-10-11-26(30)18-5-3-2-4-17(14)18/h2-11,28H,12H2,1H3. The van der Waals surface area contributed by atoms with Crippen LogP contribution in [0.2, 0.25) is 0 Å². The minimum Gasteiger partial charge on any atom is -0.618 e. The molecule has 2 aromatic carbocycles. The second-order valence-corrected chi connectivity index (χ2v) is 9.18. The molecule has 0 atom stereocenters. The molecule has 0 saturated heterocycles. The average molecular weight is 479 g/mol. The largest absolute Gasteiger partial charge is 0.618 e. The number of para-hydroxylation sites is 1. The molecule has 0 bridgehead atoms. The van der Waals surface area contributed by atoms with Gasteiger partial charge in [0.1, 0.15) is 0 Å². The van der Waals surface area contributed by atoms with Crippen LogP contribution in [0.5, 0.6) is 5.88 Å². The summed E-state index contributed by atoms with van der Waals surface area (Å²) in [7, 11) is -5.55. The van der Waals surface area contributed by atoms with Gasteiger partial charge in [0.25, 0.3) is 9.84 Å². The van der Waals surface area contributed by atoms with Crippen molar-refractivity contribution in [3.05, 3.63) is 87.7 Å². The third kappa shape index (κ3) is 3.61. The number of hydrogen-bond acceptors (Lipinski definition) is 5. The van der Waals surface area contributed by atoms with Gasteiger partial charge >= 0.3 is 11.2 Å². The van der Waals surface area contributed by atoms with Gasteiger partial charge in [0, 0.05) is 12.1 Å². The molecule has 0 amide bonds. The van der Waals surface area contributed by atoms with Crippen LogP contribution in [0.4, 0.5) is 13.2 Å². The molecule has 33 heavy (non-hydrogen) atoms. The van der Waals surface area contributed by atoms with Crippen LogP contribution in [-0.4, -0.2) is 28.2 Å². The molecule has 12 heteroatoms. The number of aromatic nitrogens is 3. The summed E-state index contributed by atoms with van der Waals surface area (Å²) in [6.07, 6.45) is 1.30.